The number of hydrogen-bond donors (Lipinski definition) is 2. The van der Waals surface area contributed by atoms with Crippen molar-refractivity contribution >= 4 is 28.2 Å². The van der Waals surface area contributed by atoms with Gasteiger partial charge >= 0.3 is 0 Å². The summed E-state index contributed by atoms with van der Waals surface area (Å²) >= 11 is 1.24. The third-order valence-corrected chi connectivity index (χ3v) is 4.10. The summed E-state index contributed by atoms with van der Waals surface area (Å²) in [6.07, 6.45) is 0. The van der Waals surface area contributed by atoms with E-state index in [4.69, 9.17) is 5.73 Å². The Labute approximate surface area is 119 Å². The van der Waals surface area contributed by atoms with Crippen LogP contribution in [-0.2, 0) is 0 Å². The average molecular weight is 292 g/mol. The molecular weight excluding hydrogens is 279 g/mol. The third-order valence-electron chi connectivity index (χ3n) is 2.98. The van der Waals surface area contributed by atoms with Gasteiger partial charge in [0.1, 0.15) is 10.8 Å². The van der Waals surface area contributed by atoms with Crippen LogP contribution in [0, 0.1) is 19.7 Å². The molecule has 6 heteroatoms. The molecule has 1 aromatic heterocycles. The number of carbonyl (C=O) groups excluding carboxylic acids is 2. The van der Waals surface area contributed by atoms with Crippen LogP contribution in [0.5, 0.6) is 0 Å². The highest BCUT2D eigenvalue weighted by molar-refractivity contribution is 7.16. The molecule has 0 unspecified atom stereocenters. The molecule has 1 aromatic carbocycles. The largest absolute Gasteiger partial charge is 0.365 e. The molecule has 2 rings (SSSR count). The Kier molecular flexibility index (Phi) is 3.85. The van der Waals surface area contributed by atoms with Crippen molar-refractivity contribution in [2.24, 2.45) is 5.73 Å². The number of hydrogen-bond acceptors (Lipinski definition) is 3. The van der Waals surface area contributed by atoms with Gasteiger partial charge in [0.15, 0.2) is 0 Å². The Morgan fingerprint density at radius 2 is 1.90 bits per heavy atom. The zero-order chi connectivity index (χ0) is 14.9. The van der Waals surface area contributed by atoms with Crippen molar-refractivity contribution in [3.8, 4) is 0 Å². The summed E-state index contributed by atoms with van der Waals surface area (Å²) in [5.74, 6) is -1.84. The maximum absolute atomic E-state index is 13.5. The minimum Gasteiger partial charge on any atom is -0.365 e. The summed E-state index contributed by atoms with van der Waals surface area (Å²) < 4.78 is 13.5. The van der Waals surface area contributed by atoms with E-state index in [1.54, 1.807) is 13.0 Å². The van der Waals surface area contributed by atoms with Crippen molar-refractivity contribution in [1.29, 1.82) is 0 Å². The zero-order valence-corrected chi connectivity index (χ0v) is 11.8. The van der Waals surface area contributed by atoms with Crippen LogP contribution in [-0.4, -0.2) is 11.8 Å². The van der Waals surface area contributed by atoms with Gasteiger partial charge < -0.3 is 11.1 Å². The fourth-order valence-electron chi connectivity index (χ4n) is 1.83. The number of rotatable bonds is 3. The van der Waals surface area contributed by atoms with Crippen molar-refractivity contribution in [2.75, 3.05) is 5.32 Å². The molecule has 0 atom stereocenters. The Hall–Kier alpha value is -2.21. The van der Waals surface area contributed by atoms with Crippen molar-refractivity contribution in [3.05, 3.63) is 51.7 Å². The van der Waals surface area contributed by atoms with Gasteiger partial charge in [-0.2, -0.15) is 0 Å². The summed E-state index contributed by atoms with van der Waals surface area (Å²) in [5.41, 5.74) is 6.24. The van der Waals surface area contributed by atoms with Gasteiger partial charge in [-0.1, -0.05) is 12.1 Å². The van der Waals surface area contributed by atoms with Crippen LogP contribution < -0.4 is 11.1 Å². The van der Waals surface area contributed by atoms with Gasteiger partial charge in [-0.25, -0.2) is 4.39 Å². The standard InChI is InChI=1S/C14H13FN2O2S/c1-7-8(2)20-14(11(7)12(16)18)17-13(19)9-5-3-4-6-10(9)15/h3-6H,1-2H3,(H2,16,18)(H,17,19). The quantitative estimate of drug-likeness (QED) is 0.913. The Bertz CT molecular complexity index is 694. The average Bonchev–Trinajstić information content (AvgIpc) is 2.65. The van der Waals surface area contributed by atoms with Crippen LogP contribution >= 0.6 is 11.3 Å². The zero-order valence-electron chi connectivity index (χ0n) is 11.0. The number of carbonyl (C=O) groups is 2. The van der Waals surface area contributed by atoms with E-state index >= 15 is 0 Å². The molecule has 0 saturated carbocycles. The van der Waals surface area contributed by atoms with Crippen LogP contribution in [0.15, 0.2) is 24.3 Å². The number of anilines is 1. The second-order valence-electron chi connectivity index (χ2n) is 4.29. The van der Waals surface area contributed by atoms with Crippen molar-refractivity contribution in [3.63, 3.8) is 0 Å². The summed E-state index contributed by atoms with van der Waals surface area (Å²) in [6.45, 7) is 3.58. The lowest BCUT2D eigenvalue weighted by Gasteiger charge is -2.05. The number of nitrogens with one attached hydrogen (secondary N) is 1. The minimum atomic E-state index is -0.615. The molecule has 0 saturated heterocycles. The van der Waals surface area contributed by atoms with Crippen molar-refractivity contribution in [2.45, 2.75) is 13.8 Å². The second kappa shape index (κ2) is 5.42. The third kappa shape index (κ3) is 2.55. The molecule has 3 N–H and O–H groups in total. The minimum absolute atomic E-state index is 0.0772. The number of benzene rings is 1. The fraction of sp³-hybridized carbons (Fsp3) is 0.143. The maximum Gasteiger partial charge on any atom is 0.259 e. The van der Waals surface area contributed by atoms with Gasteiger partial charge in [0.2, 0.25) is 0 Å². The molecule has 1 heterocycles. The van der Waals surface area contributed by atoms with E-state index in [1.165, 1.54) is 29.5 Å². The molecule has 104 valence electrons. The first-order chi connectivity index (χ1) is 9.41. The van der Waals surface area contributed by atoms with Crippen LogP contribution in [0.4, 0.5) is 9.39 Å². The van der Waals surface area contributed by atoms with Crippen molar-refractivity contribution < 1.29 is 14.0 Å². The molecule has 0 aliphatic rings. The van der Waals surface area contributed by atoms with E-state index in [-0.39, 0.29) is 11.1 Å². The highest BCUT2D eigenvalue weighted by atomic mass is 32.1. The number of primary amides is 1. The first kappa shape index (κ1) is 14.2. The van der Waals surface area contributed by atoms with Crippen LogP contribution in [0.2, 0.25) is 0 Å². The number of halogens is 1. The molecule has 2 aromatic rings. The normalized spacial score (nSPS) is 10.3. The Morgan fingerprint density at radius 3 is 2.50 bits per heavy atom. The molecule has 2 amide bonds. The van der Waals surface area contributed by atoms with Gasteiger partial charge in [-0.15, -0.1) is 11.3 Å². The van der Waals surface area contributed by atoms with Gasteiger partial charge in [0, 0.05) is 4.88 Å². The summed E-state index contributed by atoms with van der Waals surface area (Å²) in [4.78, 5) is 24.4. The second-order valence-corrected chi connectivity index (χ2v) is 5.51. The number of thiophene rings is 1. The number of nitrogens with two attached hydrogens (primary N) is 1. The molecular formula is C14H13FN2O2S. The number of amides is 2. The Morgan fingerprint density at radius 1 is 1.25 bits per heavy atom. The fourth-order valence-corrected chi connectivity index (χ4v) is 2.89. The van der Waals surface area contributed by atoms with Crippen LogP contribution in [0.3, 0.4) is 0 Å². The summed E-state index contributed by atoms with van der Waals surface area (Å²) in [6, 6.07) is 5.65. The maximum atomic E-state index is 13.5. The van der Waals surface area contributed by atoms with E-state index in [9.17, 15) is 14.0 Å². The van der Waals surface area contributed by atoms with Gasteiger partial charge in [-0.05, 0) is 31.5 Å². The monoisotopic (exact) mass is 292 g/mol. The molecule has 0 aliphatic heterocycles. The molecule has 20 heavy (non-hydrogen) atoms. The topological polar surface area (TPSA) is 72.2 Å². The molecule has 0 fully saturated rings. The van der Waals surface area contributed by atoms with Gasteiger partial charge in [0.25, 0.3) is 11.8 Å². The number of aryl methyl sites for hydroxylation is 1. The van der Waals surface area contributed by atoms with Crippen molar-refractivity contribution in [1.82, 2.24) is 0 Å². The summed E-state index contributed by atoms with van der Waals surface area (Å²) in [7, 11) is 0. The summed E-state index contributed by atoms with van der Waals surface area (Å²) in [5, 5.41) is 2.90. The van der Waals surface area contributed by atoms with E-state index in [0.29, 0.717) is 5.00 Å². The highest BCUT2D eigenvalue weighted by Crippen LogP contribution is 2.32. The predicted octanol–water partition coefficient (Wildman–Crippen LogP) is 2.86. The van der Waals surface area contributed by atoms with Gasteiger partial charge in [-0.3, -0.25) is 9.59 Å². The molecule has 0 bridgehead atoms. The van der Waals surface area contributed by atoms with E-state index in [0.717, 1.165) is 10.4 Å². The Balaban J connectivity index is 2.36. The molecule has 0 aliphatic carbocycles. The SMILES string of the molecule is Cc1sc(NC(=O)c2ccccc2F)c(C(N)=O)c1C. The molecule has 4 nitrogen and oxygen atoms in total. The molecule has 0 spiro atoms. The van der Waals surface area contributed by atoms with Gasteiger partial charge in [0.05, 0.1) is 11.1 Å². The lowest BCUT2D eigenvalue weighted by atomic mass is 10.1. The van der Waals surface area contributed by atoms with Crippen LogP contribution in [0.1, 0.15) is 31.2 Å². The lowest BCUT2D eigenvalue weighted by Crippen LogP contribution is -2.18. The van der Waals surface area contributed by atoms with E-state index in [2.05, 4.69) is 5.32 Å². The van der Waals surface area contributed by atoms with Crippen LogP contribution in [0.25, 0.3) is 0 Å². The molecule has 0 radical (unpaired) electrons. The van der Waals surface area contributed by atoms with E-state index < -0.39 is 17.6 Å². The first-order valence-corrected chi connectivity index (χ1v) is 6.69. The highest BCUT2D eigenvalue weighted by Gasteiger charge is 2.20. The lowest BCUT2D eigenvalue weighted by molar-refractivity contribution is 0.100. The smallest absolute Gasteiger partial charge is 0.259 e. The first-order valence-electron chi connectivity index (χ1n) is 5.87. The predicted molar refractivity (Wildman–Crippen MR) is 76.7 cm³/mol. The van der Waals surface area contributed by atoms with E-state index in [1.807, 2.05) is 6.92 Å².